The summed E-state index contributed by atoms with van der Waals surface area (Å²) in [4.78, 5) is 21.3. The third-order valence-electron chi connectivity index (χ3n) is 1.91. The zero-order chi connectivity index (χ0) is 12.3. The Kier molecular flexibility index (Phi) is 3.20. The highest BCUT2D eigenvalue weighted by molar-refractivity contribution is 7.13. The molecule has 0 saturated carbocycles. The normalized spacial score (nSPS) is 10.1. The van der Waals surface area contributed by atoms with Gasteiger partial charge in [-0.1, -0.05) is 11.3 Å². The van der Waals surface area contributed by atoms with E-state index in [0.717, 1.165) is 11.3 Å². The highest BCUT2D eigenvalue weighted by Gasteiger charge is 2.13. The van der Waals surface area contributed by atoms with Crippen molar-refractivity contribution in [3.63, 3.8) is 0 Å². The summed E-state index contributed by atoms with van der Waals surface area (Å²) in [6.07, 6.45) is 1.37. The van der Waals surface area contributed by atoms with Crippen LogP contribution in [0.3, 0.4) is 0 Å². The lowest BCUT2D eigenvalue weighted by molar-refractivity contribution is -0.380. The van der Waals surface area contributed by atoms with Gasteiger partial charge in [0.15, 0.2) is 0 Å². The summed E-state index contributed by atoms with van der Waals surface area (Å²) in [5.41, 5.74) is 0.585. The summed E-state index contributed by atoms with van der Waals surface area (Å²) in [6, 6.07) is 4.44. The van der Waals surface area contributed by atoms with E-state index in [1.807, 2.05) is 0 Å². The summed E-state index contributed by atoms with van der Waals surface area (Å²) in [6.45, 7) is -0.0100. The molecule has 0 aliphatic heterocycles. The van der Waals surface area contributed by atoms with Gasteiger partial charge >= 0.3 is 11.0 Å². The Morgan fingerprint density at radius 3 is 3.00 bits per heavy atom. The smallest absolute Gasteiger partial charge is 0.374 e. The summed E-state index contributed by atoms with van der Waals surface area (Å²) in [7, 11) is 0. The van der Waals surface area contributed by atoms with E-state index in [0.29, 0.717) is 5.56 Å². The summed E-state index contributed by atoms with van der Waals surface area (Å²) in [5.74, 6) is -0.487. The van der Waals surface area contributed by atoms with E-state index in [1.165, 1.54) is 18.4 Å². The van der Waals surface area contributed by atoms with Gasteiger partial charge in [-0.05, 0) is 12.1 Å². The lowest BCUT2D eigenvalue weighted by Gasteiger charge is -1.99. The molecule has 0 bridgehead atoms. The van der Waals surface area contributed by atoms with Gasteiger partial charge in [0.2, 0.25) is 5.76 Å². The molecule has 0 atom stereocenters. The Bertz CT molecular complexity index is 531. The Morgan fingerprint density at radius 1 is 1.59 bits per heavy atom. The molecular formula is C10H7NO5S. The van der Waals surface area contributed by atoms with Crippen LogP contribution < -0.4 is 0 Å². The molecule has 88 valence electrons. The standard InChI is InChI=1S/C10H7NO5S/c12-10(8-2-1-3-15-8)16-5-7-4-9(11(13)14)17-6-7/h1-4,6H,5H2. The molecule has 2 aromatic heterocycles. The first-order valence-corrected chi connectivity index (χ1v) is 5.47. The Morgan fingerprint density at radius 2 is 2.41 bits per heavy atom. The van der Waals surface area contributed by atoms with E-state index in [9.17, 15) is 14.9 Å². The molecule has 0 aliphatic rings. The largest absolute Gasteiger partial charge is 0.457 e. The molecule has 7 heteroatoms. The quantitative estimate of drug-likeness (QED) is 0.475. The van der Waals surface area contributed by atoms with Gasteiger partial charge in [-0.15, -0.1) is 0 Å². The molecule has 0 fully saturated rings. The van der Waals surface area contributed by atoms with E-state index in [4.69, 9.17) is 9.15 Å². The van der Waals surface area contributed by atoms with Crippen molar-refractivity contribution in [2.45, 2.75) is 6.61 Å². The second kappa shape index (κ2) is 4.79. The van der Waals surface area contributed by atoms with Crippen LogP contribution in [0, 0.1) is 10.1 Å². The van der Waals surface area contributed by atoms with E-state index >= 15 is 0 Å². The molecule has 2 rings (SSSR count). The Labute approximate surface area is 99.6 Å². The minimum absolute atomic E-state index is 0.0100. The molecule has 2 aromatic rings. The average molecular weight is 253 g/mol. The zero-order valence-electron chi connectivity index (χ0n) is 8.49. The lowest BCUT2D eigenvalue weighted by Crippen LogP contribution is -2.03. The molecule has 0 aromatic carbocycles. The van der Waals surface area contributed by atoms with Gasteiger partial charge in [0.05, 0.1) is 11.2 Å². The maximum Gasteiger partial charge on any atom is 0.374 e. The maximum absolute atomic E-state index is 11.4. The number of carbonyl (C=O) groups excluding carboxylic acids is 1. The van der Waals surface area contributed by atoms with Crippen molar-refractivity contribution in [2.75, 3.05) is 0 Å². The molecule has 0 saturated heterocycles. The van der Waals surface area contributed by atoms with E-state index in [-0.39, 0.29) is 17.4 Å². The van der Waals surface area contributed by atoms with Crippen LogP contribution in [0.5, 0.6) is 0 Å². The van der Waals surface area contributed by atoms with Crippen molar-refractivity contribution >= 4 is 22.3 Å². The highest BCUT2D eigenvalue weighted by atomic mass is 32.1. The minimum Gasteiger partial charge on any atom is -0.457 e. The van der Waals surface area contributed by atoms with E-state index < -0.39 is 10.9 Å². The van der Waals surface area contributed by atoms with Crippen molar-refractivity contribution in [1.29, 1.82) is 0 Å². The van der Waals surface area contributed by atoms with Crippen molar-refractivity contribution < 1.29 is 18.9 Å². The van der Waals surface area contributed by atoms with Crippen LogP contribution in [0.15, 0.2) is 34.3 Å². The summed E-state index contributed by atoms with van der Waals surface area (Å²) < 4.78 is 9.76. The number of hydrogen-bond acceptors (Lipinski definition) is 6. The second-order valence-corrected chi connectivity index (χ2v) is 3.99. The molecule has 0 amide bonds. The first-order valence-electron chi connectivity index (χ1n) is 4.59. The fraction of sp³-hybridized carbons (Fsp3) is 0.100. The van der Waals surface area contributed by atoms with Crippen LogP contribution in [0.4, 0.5) is 5.00 Å². The average Bonchev–Trinajstić information content (AvgIpc) is 2.97. The first-order chi connectivity index (χ1) is 8.16. The van der Waals surface area contributed by atoms with Crippen molar-refractivity contribution in [3.05, 3.63) is 51.3 Å². The predicted octanol–water partition coefficient (Wildman–Crippen LogP) is 2.61. The number of carbonyl (C=O) groups is 1. The number of nitro groups is 1. The van der Waals surface area contributed by atoms with Crippen molar-refractivity contribution in [1.82, 2.24) is 0 Å². The minimum atomic E-state index is -0.594. The van der Waals surface area contributed by atoms with Gasteiger partial charge < -0.3 is 9.15 Å². The third kappa shape index (κ3) is 2.70. The van der Waals surface area contributed by atoms with Crippen LogP contribution in [0.1, 0.15) is 16.1 Å². The highest BCUT2D eigenvalue weighted by Crippen LogP contribution is 2.23. The molecule has 0 aliphatic carbocycles. The lowest BCUT2D eigenvalue weighted by atomic mass is 10.3. The Hall–Kier alpha value is -2.15. The number of nitrogens with zero attached hydrogens (tertiary/aromatic N) is 1. The van der Waals surface area contributed by atoms with E-state index in [2.05, 4.69) is 0 Å². The van der Waals surface area contributed by atoms with E-state index in [1.54, 1.807) is 11.4 Å². The van der Waals surface area contributed by atoms with Crippen LogP contribution in [0.25, 0.3) is 0 Å². The van der Waals surface area contributed by atoms with Crippen LogP contribution >= 0.6 is 11.3 Å². The fourth-order valence-electron chi connectivity index (χ4n) is 1.15. The van der Waals surface area contributed by atoms with Gasteiger partial charge in [-0.25, -0.2) is 4.79 Å². The second-order valence-electron chi connectivity index (χ2n) is 3.10. The summed E-state index contributed by atoms with van der Waals surface area (Å²) >= 11 is 0.993. The van der Waals surface area contributed by atoms with Crippen LogP contribution in [-0.4, -0.2) is 10.9 Å². The zero-order valence-corrected chi connectivity index (χ0v) is 9.31. The molecule has 0 radical (unpaired) electrons. The van der Waals surface area contributed by atoms with Crippen LogP contribution in [-0.2, 0) is 11.3 Å². The van der Waals surface area contributed by atoms with Gasteiger partial charge in [0.25, 0.3) is 0 Å². The van der Waals surface area contributed by atoms with Gasteiger partial charge in [-0.3, -0.25) is 10.1 Å². The molecule has 17 heavy (non-hydrogen) atoms. The van der Waals surface area contributed by atoms with Crippen molar-refractivity contribution in [2.24, 2.45) is 0 Å². The molecular weight excluding hydrogens is 246 g/mol. The molecule has 0 unspecified atom stereocenters. The third-order valence-corrected chi connectivity index (χ3v) is 2.84. The number of ether oxygens (including phenoxy) is 1. The number of rotatable bonds is 4. The van der Waals surface area contributed by atoms with Gasteiger partial charge in [0.1, 0.15) is 6.61 Å². The van der Waals surface area contributed by atoms with Gasteiger partial charge in [0, 0.05) is 17.0 Å². The number of esters is 1. The number of furan rings is 1. The Balaban J connectivity index is 1.93. The monoisotopic (exact) mass is 253 g/mol. The molecule has 6 nitrogen and oxygen atoms in total. The molecule has 2 heterocycles. The van der Waals surface area contributed by atoms with Crippen LogP contribution in [0.2, 0.25) is 0 Å². The topological polar surface area (TPSA) is 82.6 Å². The fourth-order valence-corrected chi connectivity index (χ4v) is 1.86. The molecule has 0 N–H and O–H groups in total. The van der Waals surface area contributed by atoms with Crippen molar-refractivity contribution in [3.8, 4) is 0 Å². The number of hydrogen-bond donors (Lipinski definition) is 0. The predicted molar refractivity (Wildman–Crippen MR) is 58.8 cm³/mol. The summed E-state index contributed by atoms with van der Waals surface area (Å²) in [5, 5.41) is 12.0. The molecule has 0 spiro atoms. The number of thiophene rings is 1. The first kappa shape index (κ1) is 11.3. The maximum atomic E-state index is 11.4. The van der Waals surface area contributed by atoms with Gasteiger partial charge in [-0.2, -0.15) is 0 Å². The SMILES string of the molecule is O=C(OCc1csc([N+](=O)[O-])c1)c1ccco1.